The minimum absolute atomic E-state index is 0.0871. The number of ether oxygens (including phenoxy) is 1. The lowest BCUT2D eigenvalue weighted by Gasteiger charge is -2.09. The summed E-state index contributed by atoms with van der Waals surface area (Å²) in [5.41, 5.74) is 2.51. The number of hydrogen-bond donors (Lipinski definition) is 0. The van der Waals surface area contributed by atoms with Crippen molar-refractivity contribution in [2.24, 2.45) is 0 Å². The van der Waals surface area contributed by atoms with Gasteiger partial charge in [-0.3, -0.25) is 4.98 Å². The van der Waals surface area contributed by atoms with E-state index in [1.165, 1.54) is 12.3 Å². The number of aromatic nitrogens is 3. The second kappa shape index (κ2) is 6.28. The largest absolute Gasteiger partial charge is 0.486 e. The van der Waals surface area contributed by atoms with Crippen LogP contribution in [0.25, 0.3) is 5.69 Å². The molecule has 0 fully saturated rings. The van der Waals surface area contributed by atoms with E-state index in [-0.39, 0.29) is 6.61 Å². The smallest absolute Gasteiger partial charge is 0.145 e. The molecular weight excluding hydrogens is 295 g/mol. The zero-order valence-electron chi connectivity index (χ0n) is 12.4. The highest BCUT2D eigenvalue weighted by Gasteiger charge is 2.17. The van der Waals surface area contributed by atoms with Gasteiger partial charge in [-0.15, -0.1) is 0 Å². The molecule has 0 aliphatic heterocycles. The summed E-state index contributed by atoms with van der Waals surface area (Å²) in [5, 5.41) is 13.8. The lowest BCUT2D eigenvalue weighted by Crippen LogP contribution is -2.07. The Bertz CT molecular complexity index is 868. The number of nitrogens with zero attached hydrogens (tertiary/aromatic N) is 4. The molecule has 0 saturated heterocycles. The van der Waals surface area contributed by atoms with Crippen molar-refractivity contribution in [2.45, 2.75) is 13.5 Å². The fraction of sp³-hybridized carbons (Fsp3) is 0.118. The maximum absolute atomic E-state index is 13.2. The Morgan fingerprint density at radius 1 is 1.26 bits per heavy atom. The normalized spacial score (nSPS) is 10.3. The van der Waals surface area contributed by atoms with Gasteiger partial charge in [-0.2, -0.15) is 10.4 Å². The second-order valence-corrected chi connectivity index (χ2v) is 4.89. The van der Waals surface area contributed by atoms with Crippen molar-refractivity contribution >= 4 is 0 Å². The summed E-state index contributed by atoms with van der Waals surface area (Å²) < 4.78 is 20.4. The highest BCUT2D eigenvalue weighted by molar-refractivity contribution is 5.43. The molecule has 0 aliphatic carbocycles. The molecule has 2 aromatic heterocycles. The van der Waals surface area contributed by atoms with Crippen molar-refractivity contribution in [1.82, 2.24) is 14.8 Å². The molecule has 23 heavy (non-hydrogen) atoms. The first-order chi connectivity index (χ1) is 11.2. The molecule has 3 aromatic rings. The highest BCUT2D eigenvalue weighted by atomic mass is 19.1. The topological polar surface area (TPSA) is 63.7 Å². The van der Waals surface area contributed by atoms with E-state index in [1.807, 2.05) is 30.3 Å². The summed E-state index contributed by atoms with van der Waals surface area (Å²) in [4.78, 5) is 3.74. The van der Waals surface area contributed by atoms with Gasteiger partial charge in [-0.1, -0.05) is 18.2 Å². The molecule has 5 nitrogen and oxygen atoms in total. The number of aryl methyl sites for hydroxylation is 1. The molecule has 114 valence electrons. The Labute approximate surface area is 132 Å². The molecule has 1 aromatic carbocycles. The van der Waals surface area contributed by atoms with Crippen molar-refractivity contribution in [3.63, 3.8) is 0 Å². The van der Waals surface area contributed by atoms with E-state index in [0.717, 1.165) is 11.9 Å². The zero-order chi connectivity index (χ0) is 16.2. The van der Waals surface area contributed by atoms with Crippen LogP contribution < -0.4 is 4.74 Å². The third-order valence-corrected chi connectivity index (χ3v) is 3.32. The number of pyridine rings is 1. The van der Waals surface area contributed by atoms with Crippen molar-refractivity contribution in [3.05, 3.63) is 71.6 Å². The minimum Gasteiger partial charge on any atom is -0.486 e. The van der Waals surface area contributed by atoms with E-state index in [0.29, 0.717) is 22.7 Å². The Kier molecular flexibility index (Phi) is 4.02. The number of rotatable bonds is 4. The van der Waals surface area contributed by atoms with Crippen molar-refractivity contribution in [1.29, 1.82) is 5.26 Å². The number of nitriles is 1. The van der Waals surface area contributed by atoms with Gasteiger partial charge in [0, 0.05) is 6.07 Å². The van der Waals surface area contributed by atoms with E-state index in [1.54, 1.807) is 11.6 Å². The summed E-state index contributed by atoms with van der Waals surface area (Å²) in [6.45, 7) is 1.86. The zero-order valence-corrected chi connectivity index (χ0v) is 12.4. The number of para-hydroxylation sites is 1. The number of hydrogen-bond acceptors (Lipinski definition) is 4. The Morgan fingerprint density at radius 2 is 2.04 bits per heavy atom. The lowest BCUT2D eigenvalue weighted by atomic mass is 10.2. The van der Waals surface area contributed by atoms with Crippen LogP contribution in [0.4, 0.5) is 4.39 Å². The van der Waals surface area contributed by atoms with Crippen LogP contribution in [-0.4, -0.2) is 14.8 Å². The molecule has 2 heterocycles. The molecule has 0 saturated carbocycles. The van der Waals surface area contributed by atoms with Crippen LogP contribution in [0.5, 0.6) is 5.75 Å². The van der Waals surface area contributed by atoms with Crippen LogP contribution in [0.3, 0.4) is 0 Å². The minimum atomic E-state index is -0.476. The van der Waals surface area contributed by atoms with Crippen molar-refractivity contribution in [3.8, 4) is 17.5 Å². The van der Waals surface area contributed by atoms with Gasteiger partial charge in [-0.25, -0.2) is 9.07 Å². The Hall–Kier alpha value is -3.20. The first-order valence-corrected chi connectivity index (χ1v) is 6.96. The van der Waals surface area contributed by atoms with Gasteiger partial charge >= 0.3 is 0 Å². The average Bonchev–Trinajstić information content (AvgIpc) is 2.89. The van der Waals surface area contributed by atoms with E-state index in [4.69, 9.17) is 4.74 Å². The SMILES string of the molecule is Cc1nn(-c2ccccc2)c(COc2cncc(F)c2)c1C#N. The quantitative estimate of drug-likeness (QED) is 0.742. The highest BCUT2D eigenvalue weighted by Crippen LogP contribution is 2.20. The Morgan fingerprint density at radius 3 is 2.74 bits per heavy atom. The predicted molar refractivity (Wildman–Crippen MR) is 81.5 cm³/mol. The van der Waals surface area contributed by atoms with Crippen LogP contribution in [0.1, 0.15) is 17.0 Å². The molecule has 0 amide bonds. The van der Waals surface area contributed by atoms with Gasteiger partial charge in [0.25, 0.3) is 0 Å². The van der Waals surface area contributed by atoms with E-state index < -0.39 is 5.82 Å². The number of halogens is 1. The molecule has 0 aliphatic rings. The van der Waals surface area contributed by atoms with Gasteiger partial charge in [0.15, 0.2) is 0 Å². The molecule has 0 atom stereocenters. The molecule has 6 heteroatoms. The maximum atomic E-state index is 13.2. The van der Waals surface area contributed by atoms with Gasteiger partial charge in [0.05, 0.1) is 29.5 Å². The van der Waals surface area contributed by atoms with Crippen LogP contribution in [0.2, 0.25) is 0 Å². The lowest BCUT2D eigenvalue weighted by molar-refractivity contribution is 0.294. The van der Waals surface area contributed by atoms with E-state index in [9.17, 15) is 9.65 Å². The van der Waals surface area contributed by atoms with Gasteiger partial charge in [0.1, 0.15) is 29.8 Å². The summed E-state index contributed by atoms with van der Waals surface area (Å²) in [6.07, 6.45) is 2.52. The van der Waals surface area contributed by atoms with Gasteiger partial charge in [0.2, 0.25) is 0 Å². The molecule has 0 N–H and O–H groups in total. The van der Waals surface area contributed by atoms with Crippen LogP contribution in [0, 0.1) is 24.1 Å². The van der Waals surface area contributed by atoms with Gasteiger partial charge < -0.3 is 4.74 Å². The van der Waals surface area contributed by atoms with E-state index >= 15 is 0 Å². The molecule has 0 spiro atoms. The molecule has 0 bridgehead atoms. The van der Waals surface area contributed by atoms with Crippen molar-refractivity contribution in [2.75, 3.05) is 0 Å². The second-order valence-electron chi connectivity index (χ2n) is 4.89. The summed E-state index contributed by atoms with van der Waals surface area (Å²) in [7, 11) is 0. The van der Waals surface area contributed by atoms with Crippen LogP contribution in [-0.2, 0) is 6.61 Å². The predicted octanol–water partition coefficient (Wildman–Crippen LogP) is 3.17. The Balaban J connectivity index is 1.96. The standard InChI is InChI=1S/C17H13FN4O/c1-12-16(8-19)17(11-23-15-7-13(18)9-20-10-15)22(21-12)14-5-3-2-4-6-14/h2-7,9-10H,11H2,1H3. The maximum Gasteiger partial charge on any atom is 0.145 e. The van der Waals surface area contributed by atoms with Crippen LogP contribution >= 0.6 is 0 Å². The average molecular weight is 308 g/mol. The van der Waals surface area contributed by atoms with Gasteiger partial charge in [-0.05, 0) is 19.1 Å². The first-order valence-electron chi connectivity index (χ1n) is 6.96. The third-order valence-electron chi connectivity index (χ3n) is 3.32. The third kappa shape index (κ3) is 3.04. The molecule has 3 rings (SSSR count). The first kappa shape index (κ1) is 14.7. The fourth-order valence-corrected chi connectivity index (χ4v) is 2.26. The van der Waals surface area contributed by atoms with Crippen molar-refractivity contribution < 1.29 is 9.13 Å². The summed E-state index contributed by atoms with van der Waals surface area (Å²) in [5.74, 6) is -0.178. The number of benzene rings is 1. The molecular formula is C17H13FN4O. The van der Waals surface area contributed by atoms with E-state index in [2.05, 4.69) is 16.2 Å². The monoisotopic (exact) mass is 308 g/mol. The summed E-state index contributed by atoms with van der Waals surface area (Å²) in [6, 6.07) is 12.9. The molecule has 0 unspecified atom stereocenters. The molecule has 0 radical (unpaired) electrons. The fourth-order valence-electron chi connectivity index (χ4n) is 2.26. The summed E-state index contributed by atoms with van der Waals surface area (Å²) >= 11 is 0. The van der Waals surface area contributed by atoms with Crippen LogP contribution in [0.15, 0.2) is 48.8 Å².